The van der Waals surface area contributed by atoms with E-state index in [1.54, 1.807) is 4.90 Å². The zero-order valence-corrected chi connectivity index (χ0v) is 15.4. The fourth-order valence-electron chi connectivity index (χ4n) is 2.99. The number of nitrogens with two attached hydrogens (primary N) is 1. The first kappa shape index (κ1) is 19.8. The molecule has 7 heteroatoms. The van der Waals surface area contributed by atoms with Gasteiger partial charge in [-0.25, -0.2) is 4.79 Å². The van der Waals surface area contributed by atoms with Gasteiger partial charge >= 0.3 is 6.03 Å². The summed E-state index contributed by atoms with van der Waals surface area (Å²) < 4.78 is 0. The molecule has 0 aliphatic carbocycles. The lowest BCUT2D eigenvalue weighted by molar-refractivity contribution is -0.130. The lowest BCUT2D eigenvalue weighted by Crippen LogP contribution is -2.39. The topological polar surface area (TPSA) is 87.5 Å². The first-order chi connectivity index (χ1) is 12.1. The van der Waals surface area contributed by atoms with Crippen LogP contribution in [0.4, 0.5) is 16.2 Å². The van der Waals surface area contributed by atoms with E-state index in [1.807, 2.05) is 49.4 Å². The fraction of sp³-hybridized carbons (Fsp3) is 0.263. The van der Waals surface area contributed by atoms with Crippen molar-refractivity contribution in [3.63, 3.8) is 0 Å². The van der Waals surface area contributed by atoms with E-state index in [1.165, 1.54) is 0 Å². The van der Waals surface area contributed by atoms with E-state index < -0.39 is 0 Å². The van der Waals surface area contributed by atoms with Crippen molar-refractivity contribution in [1.29, 1.82) is 0 Å². The van der Waals surface area contributed by atoms with E-state index in [0.717, 1.165) is 28.1 Å². The van der Waals surface area contributed by atoms with E-state index in [2.05, 4.69) is 10.6 Å². The summed E-state index contributed by atoms with van der Waals surface area (Å²) in [7, 11) is 0. The number of urea groups is 1. The smallest absolute Gasteiger partial charge is 0.323 e. The van der Waals surface area contributed by atoms with E-state index in [9.17, 15) is 9.59 Å². The third-order valence-electron chi connectivity index (χ3n) is 4.35. The van der Waals surface area contributed by atoms with Gasteiger partial charge in [0, 0.05) is 24.5 Å². The highest BCUT2D eigenvalue weighted by molar-refractivity contribution is 6.00. The molecule has 0 atom stereocenters. The second kappa shape index (κ2) is 8.69. The number of carbonyl (C=O) groups excluding carboxylic acids is 2. The average Bonchev–Trinajstić information content (AvgIpc) is 2.62. The SMILES string of the molecule is Cc1ccc(NC(=O)Nc2cccc3c2CCN(C(=O)CN)C3)cc1.Cl. The monoisotopic (exact) mass is 374 g/mol. The number of carbonyl (C=O) groups is 2. The van der Waals surface area contributed by atoms with Crippen LogP contribution in [0.15, 0.2) is 42.5 Å². The van der Waals surface area contributed by atoms with Gasteiger partial charge in [0.2, 0.25) is 5.91 Å². The molecular formula is C19H23ClN4O2. The van der Waals surface area contributed by atoms with Crippen LogP contribution >= 0.6 is 12.4 Å². The van der Waals surface area contributed by atoms with Crippen LogP contribution in [0.25, 0.3) is 0 Å². The van der Waals surface area contributed by atoms with Gasteiger partial charge in [-0.2, -0.15) is 0 Å². The number of fused-ring (bicyclic) bond motifs is 1. The first-order valence-electron chi connectivity index (χ1n) is 8.30. The normalized spacial score (nSPS) is 12.6. The fourth-order valence-corrected chi connectivity index (χ4v) is 2.99. The third kappa shape index (κ3) is 4.53. The van der Waals surface area contributed by atoms with E-state index in [-0.39, 0.29) is 30.9 Å². The molecule has 0 saturated heterocycles. The molecule has 2 aromatic carbocycles. The number of halogens is 1. The summed E-state index contributed by atoms with van der Waals surface area (Å²) in [5, 5.41) is 5.74. The lowest BCUT2D eigenvalue weighted by atomic mass is 9.97. The Bertz CT molecular complexity index is 793. The molecule has 0 radical (unpaired) electrons. The van der Waals surface area contributed by atoms with Gasteiger partial charge in [-0.3, -0.25) is 4.79 Å². The van der Waals surface area contributed by atoms with Gasteiger partial charge in [0.1, 0.15) is 0 Å². The number of hydrogen-bond acceptors (Lipinski definition) is 3. The van der Waals surface area contributed by atoms with E-state index >= 15 is 0 Å². The summed E-state index contributed by atoms with van der Waals surface area (Å²) in [6.45, 7) is 3.16. The number of hydrogen-bond donors (Lipinski definition) is 3. The van der Waals surface area contributed by atoms with Crippen LogP contribution in [0.2, 0.25) is 0 Å². The van der Waals surface area contributed by atoms with Crippen LogP contribution in [-0.4, -0.2) is 29.9 Å². The maximum Gasteiger partial charge on any atom is 0.323 e. The summed E-state index contributed by atoms with van der Waals surface area (Å²) in [5.41, 5.74) is 10.2. The van der Waals surface area contributed by atoms with Crippen molar-refractivity contribution in [3.05, 3.63) is 59.2 Å². The van der Waals surface area contributed by atoms with Crippen molar-refractivity contribution in [2.24, 2.45) is 5.73 Å². The minimum absolute atomic E-state index is 0. The van der Waals surface area contributed by atoms with Crippen LogP contribution < -0.4 is 16.4 Å². The molecule has 0 aromatic heterocycles. The van der Waals surface area contributed by atoms with Crippen LogP contribution in [0.3, 0.4) is 0 Å². The summed E-state index contributed by atoms with van der Waals surface area (Å²) in [6, 6.07) is 13.1. The van der Waals surface area contributed by atoms with Gasteiger partial charge in [-0.05, 0) is 42.7 Å². The molecule has 0 unspecified atom stereocenters. The Morgan fingerprint density at radius 3 is 2.54 bits per heavy atom. The van der Waals surface area contributed by atoms with Gasteiger partial charge in [-0.1, -0.05) is 29.8 Å². The summed E-state index contributed by atoms with van der Waals surface area (Å²) in [5.74, 6) is -0.0545. The summed E-state index contributed by atoms with van der Waals surface area (Å²) in [6.07, 6.45) is 0.696. The highest BCUT2D eigenvalue weighted by Gasteiger charge is 2.22. The molecule has 1 aliphatic heterocycles. The van der Waals surface area contributed by atoms with Crippen molar-refractivity contribution in [1.82, 2.24) is 4.90 Å². The molecule has 1 aliphatic rings. The molecule has 3 rings (SSSR count). The molecule has 26 heavy (non-hydrogen) atoms. The second-order valence-electron chi connectivity index (χ2n) is 6.16. The number of anilines is 2. The molecule has 138 valence electrons. The molecule has 1 heterocycles. The first-order valence-corrected chi connectivity index (χ1v) is 8.30. The van der Waals surface area contributed by atoms with Gasteiger partial charge in [0.25, 0.3) is 0 Å². The van der Waals surface area contributed by atoms with Crippen molar-refractivity contribution >= 4 is 35.7 Å². The van der Waals surface area contributed by atoms with Crippen LogP contribution in [0.1, 0.15) is 16.7 Å². The molecular weight excluding hydrogens is 352 g/mol. The van der Waals surface area contributed by atoms with E-state index in [0.29, 0.717) is 19.5 Å². The molecule has 0 saturated carbocycles. The van der Waals surface area contributed by atoms with Crippen molar-refractivity contribution < 1.29 is 9.59 Å². The molecule has 3 amide bonds. The standard InChI is InChI=1S/C19H22N4O2.ClH/c1-13-5-7-15(8-6-13)21-19(25)22-17-4-2-3-14-12-23(18(24)11-20)10-9-16(14)17;/h2-8H,9-12,20H2,1H3,(H2,21,22,25);1H. The maximum atomic E-state index is 12.3. The van der Waals surface area contributed by atoms with Crippen LogP contribution in [-0.2, 0) is 17.8 Å². The Kier molecular flexibility index (Phi) is 6.60. The number of rotatable bonds is 3. The largest absolute Gasteiger partial charge is 0.337 e. The Morgan fingerprint density at radius 2 is 1.85 bits per heavy atom. The highest BCUT2D eigenvalue weighted by Crippen LogP contribution is 2.26. The van der Waals surface area contributed by atoms with Gasteiger partial charge in [0.15, 0.2) is 0 Å². The molecule has 0 bridgehead atoms. The zero-order chi connectivity index (χ0) is 17.8. The summed E-state index contributed by atoms with van der Waals surface area (Å²) in [4.78, 5) is 25.8. The molecule has 0 spiro atoms. The lowest BCUT2D eigenvalue weighted by Gasteiger charge is -2.30. The highest BCUT2D eigenvalue weighted by atomic mass is 35.5. The van der Waals surface area contributed by atoms with Crippen molar-refractivity contribution in [3.8, 4) is 0 Å². The van der Waals surface area contributed by atoms with Crippen LogP contribution in [0.5, 0.6) is 0 Å². The predicted molar refractivity (Wildman–Crippen MR) is 106 cm³/mol. The predicted octanol–water partition coefficient (Wildman–Crippen LogP) is 2.90. The second-order valence-corrected chi connectivity index (χ2v) is 6.16. The van der Waals surface area contributed by atoms with E-state index in [4.69, 9.17) is 5.73 Å². The number of nitrogens with zero attached hydrogens (tertiary/aromatic N) is 1. The van der Waals surface area contributed by atoms with Crippen molar-refractivity contribution in [2.45, 2.75) is 19.9 Å². The molecule has 0 fully saturated rings. The summed E-state index contributed by atoms with van der Waals surface area (Å²) >= 11 is 0. The number of benzene rings is 2. The maximum absolute atomic E-state index is 12.3. The van der Waals surface area contributed by atoms with Gasteiger partial charge in [0.05, 0.1) is 6.54 Å². The minimum Gasteiger partial charge on any atom is -0.337 e. The minimum atomic E-state index is -0.280. The number of nitrogens with one attached hydrogen (secondary N) is 2. The molecule has 4 N–H and O–H groups in total. The molecule has 2 aromatic rings. The Morgan fingerprint density at radius 1 is 1.12 bits per heavy atom. The van der Waals surface area contributed by atoms with Crippen molar-refractivity contribution in [2.75, 3.05) is 23.7 Å². The quantitative estimate of drug-likeness (QED) is 0.771. The Labute approximate surface area is 159 Å². The van der Waals surface area contributed by atoms with Crippen LogP contribution in [0, 0.1) is 6.92 Å². The third-order valence-corrected chi connectivity index (χ3v) is 4.35. The Balaban J connectivity index is 0.00000243. The molecule has 6 nitrogen and oxygen atoms in total. The van der Waals surface area contributed by atoms with Gasteiger partial charge in [-0.15, -0.1) is 12.4 Å². The Hall–Kier alpha value is -2.57. The van der Waals surface area contributed by atoms with Gasteiger partial charge < -0.3 is 21.3 Å². The number of amides is 3. The number of aryl methyl sites for hydroxylation is 1. The zero-order valence-electron chi connectivity index (χ0n) is 14.6. The average molecular weight is 375 g/mol.